The number of likely N-dealkylation sites (tertiary alicyclic amines) is 2. The third-order valence-corrected chi connectivity index (χ3v) is 6.42. The Morgan fingerprint density at radius 3 is 1.78 bits per heavy atom. The van der Waals surface area contributed by atoms with Gasteiger partial charge in [-0.1, -0.05) is 12.1 Å². The lowest BCUT2D eigenvalue weighted by molar-refractivity contribution is -0.193. The van der Waals surface area contributed by atoms with Crippen LogP contribution in [-0.2, 0) is 20.9 Å². The van der Waals surface area contributed by atoms with Crippen LogP contribution in [0.3, 0.4) is 0 Å². The summed E-state index contributed by atoms with van der Waals surface area (Å²) in [4.78, 5) is 22.9. The monoisotopic (exact) mass is 546 g/mol. The molecule has 0 amide bonds. The summed E-state index contributed by atoms with van der Waals surface area (Å²) in [5.41, 5.74) is 1.33. The van der Waals surface area contributed by atoms with Gasteiger partial charge in [0.1, 0.15) is 5.82 Å². The summed E-state index contributed by atoms with van der Waals surface area (Å²) in [7, 11) is 0. The maximum absolute atomic E-state index is 13.0. The Morgan fingerprint density at radius 2 is 1.35 bits per heavy atom. The van der Waals surface area contributed by atoms with E-state index in [4.69, 9.17) is 24.5 Å². The quantitative estimate of drug-likeness (QED) is 0.547. The predicted molar refractivity (Wildman–Crippen MR) is 116 cm³/mol. The molecule has 1 spiro atoms. The largest absolute Gasteiger partial charge is 0.490 e. The molecule has 3 saturated heterocycles. The second-order valence-corrected chi connectivity index (χ2v) is 9.10. The van der Waals surface area contributed by atoms with Crippen molar-refractivity contribution in [3.8, 4) is 0 Å². The molecular weight excluding hydrogens is 517 g/mol. The van der Waals surface area contributed by atoms with Crippen LogP contribution in [0, 0.1) is 5.82 Å². The molecule has 0 radical (unpaired) electrons. The van der Waals surface area contributed by atoms with Crippen molar-refractivity contribution in [3.05, 3.63) is 35.6 Å². The van der Waals surface area contributed by atoms with Gasteiger partial charge in [-0.25, -0.2) is 14.0 Å². The van der Waals surface area contributed by atoms with Gasteiger partial charge in [0.05, 0.1) is 12.2 Å². The van der Waals surface area contributed by atoms with E-state index in [1.165, 1.54) is 37.9 Å². The first-order valence-corrected chi connectivity index (χ1v) is 11.6. The topological polar surface area (TPSA) is 90.3 Å². The zero-order chi connectivity index (χ0) is 27.9. The van der Waals surface area contributed by atoms with Crippen LogP contribution in [0.1, 0.15) is 37.7 Å². The Kier molecular flexibility index (Phi) is 10.7. The molecule has 4 rings (SSSR count). The second-order valence-electron chi connectivity index (χ2n) is 9.10. The number of nitrogens with zero attached hydrogens (tertiary/aromatic N) is 2. The molecule has 0 aliphatic carbocycles. The SMILES string of the molecule is Fc1ccc(CN2CCC3(CC2)CC(N2CCCC2)CO3)cc1.O=C(O)C(F)(F)F.O=C(O)C(F)(F)F. The molecule has 3 fully saturated rings. The number of carbonyl (C=O) groups is 2. The lowest BCUT2D eigenvalue weighted by Gasteiger charge is -2.39. The maximum atomic E-state index is 13.0. The summed E-state index contributed by atoms with van der Waals surface area (Å²) in [6.45, 7) is 6.56. The molecule has 0 aromatic heterocycles. The summed E-state index contributed by atoms with van der Waals surface area (Å²) in [5.74, 6) is -5.67. The zero-order valence-electron chi connectivity index (χ0n) is 19.8. The first kappa shape index (κ1) is 30.8. The van der Waals surface area contributed by atoms with Gasteiger partial charge >= 0.3 is 24.3 Å². The molecule has 37 heavy (non-hydrogen) atoms. The van der Waals surface area contributed by atoms with Crippen LogP contribution in [0.4, 0.5) is 30.7 Å². The summed E-state index contributed by atoms with van der Waals surface area (Å²) in [6, 6.07) is 7.56. The Morgan fingerprint density at radius 1 is 0.892 bits per heavy atom. The smallest absolute Gasteiger partial charge is 0.475 e. The summed E-state index contributed by atoms with van der Waals surface area (Å²) in [6.07, 6.45) is -3.96. The van der Waals surface area contributed by atoms with E-state index in [0.717, 1.165) is 39.1 Å². The molecule has 7 nitrogen and oxygen atoms in total. The van der Waals surface area contributed by atoms with Gasteiger partial charge in [0.25, 0.3) is 0 Å². The molecule has 0 saturated carbocycles. The minimum Gasteiger partial charge on any atom is -0.475 e. The first-order chi connectivity index (χ1) is 17.1. The molecule has 0 bridgehead atoms. The predicted octanol–water partition coefficient (Wildman–Crippen LogP) is 4.31. The summed E-state index contributed by atoms with van der Waals surface area (Å²) < 4.78 is 82.8. The van der Waals surface area contributed by atoms with Crippen LogP contribution < -0.4 is 0 Å². The van der Waals surface area contributed by atoms with Crippen LogP contribution in [-0.4, -0.2) is 88.7 Å². The highest BCUT2D eigenvalue weighted by molar-refractivity contribution is 5.73. The van der Waals surface area contributed by atoms with Gasteiger partial charge in [0, 0.05) is 25.7 Å². The number of ether oxygens (including phenoxy) is 1. The molecule has 3 aliphatic rings. The number of halogens is 7. The molecule has 2 N–H and O–H groups in total. The highest BCUT2D eigenvalue weighted by Crippen LogP contribution is 2.38. The third-order valence-electron chi connectivity index (χ3n) is 6.42. The molecule has 3 aliphatic heterocycles. The van der Waals surface area contributed by atoms with Gasteiger partial charge in [-0.3, -0.25) is 9.80 Å². The van der Waals surface area contributed by atoms with Crippen LogP contribution >= 0.6 is 0 Å². The second kappa shape index (κ2) is 12.9. The van der Waals surface area contributed by atoms with Crippen molar-refractivity contribution in [2.75, 3.05) is 32.8 Å². The number of benzene rings is 1. The number of carboxylic acid groups (broad SMARTS) is 2. The van der Waals surface area contributed by atoms with E-state index in [9.17, 15) is 30.7 Å². The van der Waals surface area contributed by atoms with Crippen molar-refractivity contribution in [2.45, 2.75) is 62.6 Å². The molecule has 1 unspecified atom stereocenters. The fourth-order valence-electron chi connectivity index (χ4n) is 4.48. The Labute approximate surface area is 208 Å². The minimum absolute atomic E-state index is 0.132. The first-order valence-electron chi connectivity index (χ1n) is 11.6. The molecule has 14 heteroatoms. The molecule has 1 aromatic carbocycles. The van der Waals surface area contributed by atoms with Gasteiger partial charge in [0.2, 0.25) is 0 Å². The minimum atomic E-state index is -5.08. The number of hydrogen-bond donors (Lipinski definition) is 2. The van der Waals surface area contributed by atoms with Gasteiger partial charge in [-0.2, -0.15) is 26.3 Å². The molecule has 1 atom stereocenters. The average molecular weight is 546 g/mol. The van der Waals surface area contributed by atoms with Crippen molar-refractivity contribution < 1.29 is 55.3 Å². The number of alkyl halides is 6. The number of carboxylic acids is 2. The van der Waals surface area contributed by atoms with Crippen LogP contribution in [0.15, 0.2) is 24.3 Å². The standard InChI is InChI=1S/C19H27FN2O.2C2HF3O2/c20-17-5-3-16(4-6-17)14-21-11-7-19(8-12-21)13-18(15-23-19)22-9-1-2-10-22;2*3-2(4,5)1(6)7/h3-6,18H,1-2,7-15H2;2*(H,6,7). The van der Waals surface area contributed by atoms with Crippen LogP contribution in [0.5, 0.6) is 0 Å². The normalized spacial score (nSPS) is 22.1. The molecule has 3 heterocycles. The third kappa shape index (κ3) is 10.1. The number of aliphatic carboxylic acids is 2. The number of hydrogen-bond acceptors (Lipinski definition) is 5. The maximum Gasteiger partial charge on any atom is 0.490 e. The molecule has 210 valence electrons. The van der Waals surface area contributed by atoms with Gasteiger partial charge in [0.15, 0.2) is 0 Å². The zero-order valence-corrected chi connectivity index (χ0v) is 19.8. The van der Waals surface area contributed by atoms with E-state index < -0.39 is 24.3 Å². The van der Waals surface area contributed by atoms with E-state index >= 15 is 0 Å². The van der Waals surface area contributed by atoms with Gasteiger partial charge in [-0.05, 0) is 62.9 Å². The Balaban J connectivity index is 0.000000286. The van der Waals surface area contributed by atoms with E-state index in [0.29, 0.717) is 6.04 Å². The average Bonchev–Trinajstić information content (AvgIpc) is 3.47. The van der Waals surface area contributed by atoms with E-state index in [2.05, 4.69) is 9.80 Å². The van der Waals surface area contributed by atoms with E-state index in [1.54, 1.807) is 12.1 Å². The summed E-state index contributed by atoms with van der Waals surface area (Å²) >= 11 is 0. The highest BCUT2D eigenvalue weighted by Gasteiger charge is 2.44. The van der Waals surface area contributed by atoms with Crippen molar-refractivity contribution in [3.63, 3.8) is 0 Å². The fraction of sp³-hybridized carbons (Fsp3) is 0.652. The fourth-order valence-corrected chi connectivity index (χ4v) is 4.48. The van der Waals surface area contributed by atoms with Gasteiger partial charge < -0.3 is 14.9 Å². The van der Waals surface area contributed by atoms with Crippen molar-refractivity contribution in [2.24, 2.45) is 0 Å². The number of rotatable bonds is 3. The summed E-state index contributed by atoms with van der Waals surface area (Å²) in [5, 5.41) is 14.2. The van der Waals surface area contributed by atoms with Crippen molar-refractivity contribution >= 4 is 11.9 Å². The van der Waals surface area contributed by atoms with Gasteiger partial charge in [-0.15, -0.1) is 0 Å². The molecule has 1 aromatic rings. The van der Waals surface area contributed by atoms with E-state index in [-0.39, 0.29) is 11.4 Å². The van der Waals surface area contributed by atoms with Crippen LogP contribution in [0.2, 0.25) is 0 Å². The van der Waals surface area contributed by atoms with Crippen molar-refractivity contribution in [1.82, 2.24) is 9.80 Å². The lowest BCUT2D eigenvalue weighted by Crippen LogP contribution is -2.44. The Bertz CT molecular complexity index is 855. The molecular formula is C23H29F7N2O5. The van der Waals surface area contributed by atoms with Crippen molar-refractivity contribution in [1.29, 1.82) is 0 Å². The lowest BCUT2D eigenvalue weighted by atomic mass is 9.87. The van der Waals surface area contributed by atoms with Crippen LogP contribution in [0.25, 0.3) is 0 Å². The number of piperidine rings is 1. The Hall–Kier alpha value is -2.45. The van der Waals surface area contributed by atoms with E-state index in [1.807, 2.05) is 12.1 Å². The highest BCUT2D eigenvalue weighted by atomic mass is 19.4.